The molecular formula is C25H30N4O4. The van der Waals surface area contributed by atoms with Gasteiger partial charge in [-0.3, -0.25) is 19.3 Å². The lowest BCUT2D eigenvalue weighted by atomic mass is 9.95. The van der Waals surface area contributed by atoms with Crippen molar-refractivity contribution in [3.63, 3.8) is 0 Å². The zero-order valence-electron chi connectivity index (χ0n) is 19.6. The summed E-state index contributed by atoms with van der Waals surface area (Å²) in [6.45, 7) is 2.57. The molecule has 8 nitrogen and oxygen atoms in total. The summed E-state index contributed by atoms with van der Waals surface area (Å²) in [5.41, 5.74) is 3.50. The maximum absolute atomic E-state index is 13.5. The Bertz CT molecular complexity index is 1100. The number of nitrogens with zero attached hydrogens (tertiary/aromatic N) is 3. The van der Waals surface area contributed by atoms with E-state index in [1.54, 1.807) is 39.4 Å². The Labute approximate surface area is 194 Å². The summed E-state index contributed by atoms with van der Waals surface area (Å²) in [5, 5.41) is 2.88. The topological polar surface area (TPSA) is 82.2 Å². The van der Waals surface area contributed by atoms with Gasteiger partial charge in [0.1, 0.15) is 18.3 Å². The second-order valence-electron chi connectivity index (χ2n) is 8.78. The van der Waals surface area contributed by atoms with Gasteiger partial charge in [-0.25, -0.2) is 0 Å². The Kier molecular flexibility index (Phi) is 6.26. The fourth-order valence-corrected chi connectivity index (χ4v) is 4.56. The summed E-state index contributed by atoms with van der Waals surface area (Å²) in [7, 11) is 4.92. The second kappa shape index (κ2) is 9.13. The number of methoxy groups -OCH3 is 1. The lowest BCUT2D eigenvalue weighted by Crippen LogP contribution is -2.56. The van der Waals surface area contributed by atoms with Gasteiger partial charge in [0, 0.05) is 26.2 Å². The number of piperidine rings is 1. The van der Waals surface area contributed by atoms with Crippen LogP contribution in [-0.2, 0) is 9.59 Å². The van der Waals surface area contributed by atoms with Gasteiger partial charge in [-0.1, -0.05) is 6.07 Å². The summed E-state index contributed by atoms with van der Waals surface area (Å²) in [6.07, 6.45) is 2.73. The van der Waals surface area contributed by atoms with Crippen molar-refractivity contribution in [2.75, 3.05) is 49.4 Å². The maximum atomic E-state index is 13.5. The first-order chi connectivity index (χ1) is 15.8. The summed E-state index contributed by atoms with van der Waals surface area (Å²) < 4.78 is 5.36. The molecule has 1 fully saturated rings. The Morgan fingerprint density at radius 2 is 1.91 bits per heavy atom. The van der Waals surface area contributed by atoms with E-state index < -0.39 is 0 Å². The molecule has 0 bridgehead atoms. The number of rotatable bonds is 5. The zero-order chi connectivity index (χ0) is 23.7. The Morgan fingerprint density at radius 3 is 2.64 bits per heavy atom. The van der Waals surface area contributed by atoms with Crippen LogP contribution in [0.15, 0.2) is 36.4 Å². The Balaban J connectivity index is 1.67. The van der Waals surface area contributed by atoms with Gasteiger partial charge in [0.15, 0.2) is 0 Å². The van der Waals surface area contributed by atoms with Gasteiger partial charge in [0.2, 0.25) is 11.8 Å². The van der Waals surface area contributed by atoms with Crippen LogP contribution < -0.4 is 19.9 Å². The quantitative estimate of drug-likeness (QED) is 0.757. The second-order valence-corrected chi connectivity index (χ2v) is 8.78. The first-order valence-corrected chi connectivity index (χ1v) is 11.2. The van der Waals surface area contributed by atoms with Crippen LogP contribution in [0.2, 0.25) is 0 Å². The van der Waals surface area contributed by atoms with Gasteiger partial charge in [0.25, 0.3) is 5.91 Å². The number of hydrogen-bond donors (Lipinski definition) is 1. The van der Waals surface area contributed by atoms with Crippen molar-refractivity contribution >= 4 is 34.8 Å². The molecule has 0 radical (unpaired) electrons. The number of fused-ring (bicyclic) bond motifs is 3. The standard InChI is InChI=1S/C25H30N4O4/c1-16-8-11-22(33-4)18(13-16)26-23(30)15-29-21-14-17(24(31)27(2)3)9-10-19(21)28-12-6-5-7-20(28)25(29)32/h8-11,13-14,20H,5-7,12,15H2,1-4H3,(H,26,30)/t20-/m1/s1. The SMILES string of the molecule is COc1ccc(C)cc1NC(=O)CN1C(=O)[C@H]2CCCCN2c2ccc(C(=O)N(C)C)cc21. The molecule has 2 aliphatic rings. The number of anilines is 3. The van der Waals surface area contributed by atoms with E-state index in [4.69, 9.17) is 4.74 Å². The molecule has 0 aliphatic carbocycles. The molecule has 8 heteroatoms. The number of amides is 3. The van der Waals surface area contributed by atoms with Gasteiger partial charge in [-0.2, -0.15) is 0 Å². The average molecular weight is 451 g/mol. The highest BCUT2D eigenvalue weighted by Gasteiger charge is 2.40. The minimum Gasteiger partial charge on any atom is -0.495 e. The number of ether oxygens (including phenoxy) is 1. The molecule has 0 aromatic heterocycles. The molecule has 1 saturated heterocycles. The molecule has 0 saturated carbocycles. The molecule has 2 aromatic carbocycles. The average Bonchev–Trinajstić information content (AvgIpc) is 2.81. The van der Waals surface area contributed by atoms with E-state index >= 15 is 0 Å². The predicted octanol–water partition coefficient (Wildman–Crippen LogP) is 3.05. The lowest BCUT2D eigenvalue weighted by molar-refractivity contribution is -0.123. The number of carbonyl (C=O) groups excluding carboxylic acids is 3. The van der Waals surface area contributed by atoms with E-state index in [0.29, 0.717) is 22.7 Å². The minimum atomic E-state index is -0.327. The van der Waals surface area contributed by atoms with Crippen molar-refractivity contribution in [2.24, 2.45) is 0 Å². The van der Waals surface area contributed by atoms with Gasteiger partial charge in [-0.05, 0) is 62.1 Å². The fraction of sp³-hybridized carbons (Fsp3) is 0.400. The molecule has 33 heavy (non-hydrogen) atoms. The van der Waals surface area contributed by atoms with E-state index in [2.05, 4.69) is 10.2 Å². The smallest absolute Gasteiger partial charge is 0.253 e. The number of hydrogen-bond acceptors (Lipinski definition) is 5. The molecule has 0 unspecified atom stereocenters. The normalized spacial score (nSPS) is 17.2. The van der Waals surface area contributed by atoms with Gasteiger partial charge in [0.05, 0.1) is 24.2 Å². The highest BCUT2D eigenvalue weighted by atomic mass is 16.5. The van der Waals surface area contributed by atoms with Crippen molar-refractivity contribution in [2.45, 2.75) is 32.2 Å². The van der Waals surface area contributed by atoms with E-state index in [1.807, 2.05) is 25.1 Å². The predicted molar refractivity (Wildman–Crippen MR) is 128 cm³/mol. The van der Waals surface area contributed by atoms with E-state index in [-0.39, 0.29) is 30.3 Å². The molecule has 4 rings (SSSR count). The van der Waals surface area contributed by atoms with Gasteiger partial charge in [-0.15, -0.1) is 0 Å². The monoisotopic (exact) mass is 450 g/mol. The third-order valence-corrected chi connectivity index (χ3v) is 6.21. The van der Waals surface area contributed by atoms with E-state index in [0.717, 1.165) is 37.1 Å². The molecule has 1 atom stereocenters. The van der Waals surface area contributed by atoms with Crippen LogP contribution in [0, 0.1) is 6.92 Å². The first-order valence-electron chi connectivity index (χ1n) is 11.2. The minimum absolute atomic E-state index is 0.108. The van der Waals surface area contributed by atoms with Crippen molar-refractivity contribution in [3.05, 3.63) is 47.5 Å². The molecule has 2 aromatic rings. The summed E-state index contributed by atoms with van der Waals surface area (Å²) in [4.78, 5) is 44.3. The third-order valence-electron chi connectivity index (χ3n) is 6.21. The number of nitrogens with one attached hydrogen (secondary N) is 1. The zero-order valence-corrected chi connectivity index (χ0v) is 19.6. The van der Waals surface area contributed by atoms with Crippen LogP contribution in [0.4, 0.5) is 17.1 Å². The van der Waals surface area contributed by atoms with Crippen molar-refractivity contribution in [3.8, 4) is 5.75 Å². The summed E-state index contributed by atoms with van der Waals surface area (Å²) in [5.74, 6) is -0.0358. The third kappa shape index (κ3) is 4.37. The van der Waals surface area contributed by atoms with Gasteiger partial charge < -0.3 is 19.9 Å². The first kappa shape index (κ1) is 22.6. The van der Waals surface area contributed by atoms with E-state index in [9.17, 15) is 14.4 Å². The molecule has 1 N–H and O–H groups in total. The number of aryl methyl sites for hydroxylation is 1. The van der Waals surface area contributed by atoms with Crippen molar-refractivity contribution < 1.29 is 19.1 Å². The summed E-state index contributed by atoms with van der Waals surface area (Å²) in [6, 6.07) is 10.7. The molecule has 174 valence electrons. The molecule has 3 amide bonds. The van der Waals surface area contributed by atoms with Crippen LogP contribution in [0.5, 0.6) is 5.75 Å². The number of benzene rings is 2. The lowest BCUT2D eigenvalue weighted by Gasteiger charge is -2.45. The molecule has 0 spiro atoms. The fourth-order valence-electron chi connectivity index (χ4n) is 4.56. The maximum Gasteiger partial charge on any atom is 0.253 e. The number of carbonyl (C=O) groups is 3. The molecule has 2 aliphatic heterocycles. The largest absolute Gasteiger partial charge is 0.495 e. The van der Waals surface area contributed by atoms with Crippen LogP contribution in [0.1, 0.15) is 35.2 Å². The molecule has 2 heterocycles. The van der Waals surface area contributed by atoms with Crippen molar-refractivity contribution in [1.82, 2.24) is 4.90 Å². The molecular weight excluding hydrogens is 420 g/mol. The van der Waals surface area contributed by atoms with E-state index in [1.165, 1.54) is 9.80 Å². The van der Waals surface area contributed by atoms with Crippen molar-refractivity contribution in [1.29, 1.82) is 0 Å². The Hall–Kier alpha value is -3.55. The van der Waals surface area contributed by atoms with Crippen LogP contribution in [0.3, 0.4) is 0 Å². The Morgan fingerprint density at radius 1 is 1.12 bits per heavy atom. The van der Waals surface area contributed by atoms with Crippen LogP contribution >= 0.6 is 0 Å². The van der Waals surface area contributed by atoms with Crippen LogP contribution in [-0.4, -0.2) is 63.0 Å². The van der Waals surface area contributed by atoms with Gasteiger partial charge >= 0.3 is 0 Å². The summed E-state index contributed by atoms with van der Waals surface area (Å²) >= 11 is 0. The highest BCUT2D eigenvalue weighted by Crippen LogP contribution is 2.40. The van der Waals surface area contributed by atoms with Crippen LogP contribution in [0.25, 0.3) is 0 Å². The highest BCUT2D eigenvalue weighted by molar-refractivity contribution is 6.11.